The number of anilines is 1. The van der Waals surface area contributed by atoms with Gasteiger partial charge in [-0.05, 0) is 49.9 Å². The van der Waals surface area contributed by atoms with E-state index in [0.717, 1.165) is 37.7 Å². The van der Waals surface area contributed by atoms with Crippen LogP contribution in [0.15, 0.2) is 36.7 Å². The first-order valence-corrected chi connectivity index (χ1v) is 8.73. The van der Waals surface area contributed by atoms with E-state index in [1.807, 2.05) is 0 Å². The molecule has 1 aliphatic carbocycles. The highest BCUT2D eigenvalue weighted by Gasteiger charge is 2.49. The molecule has 2 heterocycles. The lowest BCUT2D eigenvalue weighted by Crippen LogP contribution is -2.42. The normalized spacial score (nSPS) is 26.4. The minimum absolute atomic E-state index is 0.109. The van der Waals surface area contributed by atoms with Crippen LogP contribution in [0.5, 0.6) is 0 Å². The molecule has 2 aliphatic rings. The first-order valence-electron chi connectivity index (χ1n) is 8.73. The Balaban J connectivity index is 1.61. The summed E-state index contributed by atoms with van der Waals surface area (Å²) in [5.41, 5.74) is 7.28. The fourth-order valence-corrected chi connectivity index (χ4v) is 4.14. The van der Waals surface area contributed by atoms with Crippen LogP contribution < -0.4 is 10.6 Å². The number of halogens is 1. The van der Waals surface area contributed by atoms with Crippen molar-refractivity contribution in [3.05, 3.63) is 42.5 Å². The van der Waals surface area contributed by atoms with Crippen LogP contribution in [0.1, 0.15) is 32.1 Å². The van der Waals surface area contributed by atoms with Crippen LogP contribution in [0.25, 0.3) is 11.3 Å². The van der Waals surface area contributed by atoms with Gasteiger partial charge in [0.2, 0.25) is 5.91 Å². The SMILES string of the molecule is N[C@H]1CCC[C@]2(CCN(c3cc(-c4ccc(F)cc4)ncn3)C2=O)C1. The van der Waals surface area contributed by atoms with E-state index in [1.54, 1.807) is 23.1 Å². The minimum atomic E-state index is -0.321. The van der Waals surface area contributed by atoms with Crippen LogP contribution in [-0.4, -0.2) is 28.5 Å². The summed E-state index contributed by atoms with van der Waals surface area (Å²) in [7, 11) is 0. The summed E-state index contributed by atoms with van der Waals surface area (Å²) >= 11 is 0. The lowest BCUT2D eigenvalue weighted by Gasteiger charge is -2.34. The Morgan fingerprint density at radius 2 is 2.00 bits per heavy atom. The summed E-state index contributed by atoms with van der Waals surface area (Å²) < 4.78 is 13.1. The predicted molar refractivity (Wildman–Crippen MR) is 93.3 cm³/mol. The molecule has 6 heteroatoms. The Kier molecular flexibility index (Phi) is 4.00. The lowest BCUT2D eigenvalue weighted by molar-refractivity contribution is -0.127. The van der Waals surface area contributed by atoms with Gasteiger partial charge in [-0.2, -0.15) is 0 Å². The van der Waals surface area contributed by atoms with E-state index in [0.29, 0.717) is 18.1 Å². The molecule has 2 N–H and O–H groups in total. The van der Waals surface area contributed by atoms with Crippen LogP contribution >= 0.6 is 0 Å². The van der Waals surface area contributed by atoms with Crippen LogP contribution in [0.3, 0.4) is 0 Å². The van der Waals surface area contributed by atoms with E-state index in [4.69, 9.17) is 5.73 Å². The third-order valence-electron chi connectivity index (χ3n) is 5.47. The maximum atomic E-state index is 13.1. The molecule has 0 unspecified atom stereocenters. The fourth-order valence-electron chi connectivity index (χ4n) is 4.14. The number of nitrogens with zero attached hydrogens (tertiary/aromatic N) is 3. The van der Waals surface area contributed by atoms with Crippen molar-refractivity contribution < 1.29 is 9.18 Å². The molecule has 1 spiro atoms. The Hall–Kier alpha value is -2.34. The minimum Gasteiger partial charge on any atom is -0.328 e. The highest BCUT2D eigenvalue weighted by Crippen LogP contribution is 2.45. The molecule has 2 aromatic rings. The average Bonchev–Trinajstić information content (AvgIpc) is 2.92. The summed E-state index contributed by atoms with van der Waals surface area (Å²) in [5, 5.41) is 0. The molecule has 130 valence electrons. The summed E-state index contributed by atoms with van der Waals surface area (Å²) in [6.07, 6.45) is 5.96. The summed E-state index contributed by atoms with van der Waals surface area (Å²) in [6.45, 7) is 0.658. The van der Waals surface area contributed by atoms with E-state index < -0.39 is 0 Å². The molecule has 1 saturated carbocycles. The van der Waals surface area contributed by atoms with Crippen LogP contribution in [-0.2, 0) is 4.79 Å². The zero-order chi connectivity index (χ0) is 17.4. The molecule has 1 aromatic carbocycles. The van der Waals surface area contributed by atoms with Gasteiger partial charge in [0, 0.05) is 24.2 Å². The van der Waals surface area contributed by atoms with E-state index in [1.165, 1.54) is 18.5 Å². The maximum absolute atomic E-state index is 13.1. The molecule has 5 nitrogen and oxygen atoms in total. The maximum Gasteiger partial charge on any atom is 0.234 e. The first kappa shape index (κ1) is 16.1. The van der Waals surface area contributed by atoms with Gasteiger partial charge in [0.25, 0.3) is 0 Å². The van der Waals surface area contributed by atoms with Gasteiger partial charge in [0.05, 0.1) is 11.1 Å². The van der Waals surface area contributed by atoms with Gasteiger partial charge in [-0.15, -0.1) is 0 Å². The van der Waals surface area contributed by atoms with E-state index in [9.17, 15) is 9.18 Å². The van der Waals surface area contributed by atoms with Gasteiger partial charge in [-0.1, -0.05) is 6.42 Å². The van der Waals surface area contributed by atoms with Crippen molar-refractivity contribution >= 4 is 11.7 Å². The number of amides is 1. The Morgan fingerprint density at radius 1 is 1.20 bits per heavy atom. The first-order chi connectivity index (χ1) is 12.1. The molecule has 0 bridgehead atoms. The third kappa shape index (κ3) is 2.91. The number of aromatic nitrogens is 2. The number of hydrogen-bond donors (Lipinski definition) is 1. The van der Waals surface area contributed by atoms with Gasteiger partial charge < -0.3 is 5.73 Å². The number of nitrogens with two attached hydrogens (primary N) is 1. The van der Waals surface area contributed by atoms with Gasteiger partial charge in [-0.3, -0.25) is 9.69 Å². The van der Waals surface area contributed by atoms with Crippen molar-refractivity contribution in [2.45, 2.75) is 38.1 Å². The predicted octanol–water partition coefficient (Wildman–Crippen LogP) is 2.91. The quantitative estimate of drug-likeness (QED) is 0.912. The lowest BCUT2D eigenvalue weighted by atomic mass is 9.71. The van der Waals surface area contributed by atoms with Crippen molar-refractivity contribution in [3.8, 4) is 11.3 Å². The molecule has 2 fully saturated rings. The molecule has 1 aliphatic heterocycles. The molecular formula is C19H21FN4O. The number of carbonyl (C=O) groups excluding carboxylic acids is 1. The van der Waals surface area contributed by atoms with Crippen molar-refractivity contribution in [3.63, 3.8) is 0 Å². The summed E-state index contributed by atoms with van der Waals surface area (Å²) in [4.78, 5) is 23.4. The molecule has 0 radical (unpaired) electrons. The Bertz CT molecular complexity index is 794. The number of benzene rings is 1. The molecule has 1 amide bonds. The van der Waals surface area contributed by atoms with E-state index in [2.05, 4.69) is 9.97 Å². The van der Waals surface area contributed by atoms with Gasteiger partial charge in [0.15, 0.2) is 0 Å². The van der Waals surface area contributed by atoms with Gasteiger partial charge in [0.1, 0.15) is 18.0 Å². The monoisotopic (exact) mass is 340 g/mol. The second kappa shape index (κ2) is 6.19. The van der Waals surface area contributed by atoms with Crippen molar-refractivity contribution in [2.24, 2.45) is 11.1 Å². The van der Waals surface area contributed by atoms with Crippen molar-refractivity contribution in [1.82, 2.24) is 9.97 Å². The molecular weight excluding hydrogens is 319 g/mol. The highest BCUT2D eigenvalue weighted by atomic mass is 19.1. The second-order valence-electron chi connectivity index (χ2n) is 7.11. The number of carbonyl (C=O) groups is 1. The fraction of sp³-hybridized carbons (Fsp3) is 0.421. The van der Waals surface area contributed by atoms with Crippen molar-refractivity contribution in [2.75, 3.05) is 11.4 Å². The standard InChI is InChI=1S/C19H21FN4O/c20-14-5-3-13(4-6-14)16-10-17(23-12-22-16)24-9-8-19(18(24)25)7-1-2-15(21)11-19/h3-6,10,12,15H,1-2,7-9,11,21H2/t15-,19-/m0/s1. The van der Waals surface area contributed by atoms with Crippen LogP contribution in [0.2, 0.25) is 0 Å². The molecule has 1 saturated heterocycles. The molecule has 25 heavy (non-hydrogen) atoms. The van der Waals surface area contributed by atoms with E-state index >= 15 is 0 Å². The largest absolute Gasteiger partial charge is 0.328 e. The molecule has 2 atom stereocenters. The highest BCUT2D eigenvalue weighted by molar-refractivity contribution is 5.99. The van der Waals surface area contributed by atoms with Gasteiger partial charge >= 0.3 is 0 Å². The average molecular weight is 340 g/mol. The molecule has 1 aromatic heterocycles. The summed E-state index contributed by atoms with van der Waals surface area (Å²) in [5.74, 6) is 0.449. The topological polar surface area (TPSA) is 72.1 Å². The number of hydrogen-bond acceptors (Lipinski definition) is 4. The Labute approximate surface area is 146 Å². The summed E-state index contributed by atoms with van der Waals surface area (Å²) in [6, 6.07) is 8.06. The van der Waals surface area contributed by atoms with Crippen LogP contribution in [0.4, 0.5) is 10.2 Å². The zero-order valence-electron chi connectivity index (χ0n) is 14.0. The second-order valence-corrected chi connectivity index (χ2v) is 7.11. The van der Waals surface area contributed by atoms with Crippen molar-refractivity contribution in [1.29, 1.82) is 0 Å². The zero-order valence-corrected chi connectivity index (χ0v) is 14.0. The molecule has 4 rings (SSSR count). The smallest absolute Gasteiger partial charge is 0.234 e. The Morgan fingerprint density at radius 3 is 2.76 bits per heavy atom. The van der Waals surface area contributed by atoms with Gasteiger partial charge in [-0.25, -0.2) is 14.4 Å². The third-order valence-corrected chi connectivity index (χ3v) is 5.47. The van der Waals surface area contributed by atoms with Crippen LogP contribution in [0, 0.1) is 11.2 Å². The number of rotatable bonds is 2. The van der Waals surface area contributed by atoms with E-state index in [-0.39, 0.29) is 23.2 Å².